The molecule has 0 spiro atoms. The number of fused-ring (bicyclic) bond motifs is 1. The Kier molecular flexibility index (Phi) is 3.82. The molecule has 2 aromatic carbocycles. The molecule has 0 aliphatic heterocycles. The van der Waals surface area contributed by atoms with Crippen LogP contribution in [-0.4, -0.2) is 0 Å². The summed E-state index contributed by atoms with van der Waals surface area (Å²) in [5, 5.41) is 0.184. The van der Waals surface area contributed by atoms with E-state index >= 15 is 0 Å². The third-order valence-corrected chi connectivity index (χ3v) is 3.26. The molecule has 0 aliphatic rings. The van der Waals surface area contributed by atoms with Crippen LogP contribution in [0.15, 0.2) is 63.8 Å². The average molecular weight is 320 g/mol. The highest BCUT2D eigenvalue weighted by Crippen LogP contribution is 2.29. The molecule has 23 heavy (non-hydrogen) atoms. The molecular weight excluding hydrogens is 309 g/mol. The van der Waals surface area contributed by atoms with E-state index in [1.54, 1.807) is 0 Å². The van der Waals surface area contributed by atoms with Gasteiger partial charge >= 0.3 is 11.8 Å². The minimum absolute atomic E-state index is 0.0496. The minimum atomic E-state index is -4.74. The Bertz CT molecular complexity index is 883. The Balaban J connectivity index is 1.89. The third-order valence-electron chi connectivity index (χ3n) is 3.26. The van der Waals surface area contributed by atoms with E-state index in [1.165, 1.54) is 18.2 Å². The van der Waals surface area contributed by atoms with E-state index in [4.69, 9.17) is 9.15 Å². The molecule has 1 heterocycles. The van der Waals surface area contributed by atoms with Gasteiger partial charge in [-0.2, -0.15) is 13.2 Å². The van der Waals surface area contributed by atoms with Crippen LogP contribution >= 0.6 is 0 Å². The van der Waals surface area contributed by atoms with E-state index in [2.05, 4.69) is 0 Å². The molecule has 0 saturated carbocycles. The van der Waals surface area contributed by atoms with Gasteiger partial charge in [0.05, 0.1) is 0 Å². The Hall–Kier alpha value is -2.76. The Labute approximate surface area is 128 Å². The van der Waals surface area contributed by atoms with Gasteiger partial charge in [-0.15, -0.1) is 0 Å². The molecule has 0 radical (unpaired) electrons. The molecule has 3 aromatic rings. The monoisotopic (exact) mass is 320 g/mol. The Morgan fingerprint density at radius 2 is 1.74 bits per heavy atom. The van der Waals surface area contributed by atoms with Crippen molar-refractivity contribution >= 4 is 11.0 Å². The predicted octanol–water partition coefficient (Wildman–Crippen LogP) is 4.39. The first kappa shape index (κ1) is 15.1. The maximum Gasteiger partial charge on any atom is 0.423 e. The lowest BCUT2D eigenvalue weighted by Crippen LogP contribution is -2.17. The van der Waals surface area contributed by atoms with Crippen molar-refractivity contribution in [3.63, 3.8) is 0 Å². The molecule has 3 rings (SSSR count). The van der Waals surface area contributed by atoms with E-state index in [0.29, 0.717) is 12.4 Å². The van der Waals surface area contributed by atoms with Crippen LogP contribution in [0.25, 0.3) is 11.0 Å². The summed E-state index contributed by atoms with van der Waals surface area (Å²) < 4.78 is 48.3. The van der Waals surface area contributed by atoms with Gasteiger partial charge in [0.2, 0.25) is 0 Å². The van der Waals surface area contributed by atoms with Crippen molar-refractivity contribution in [3.8, 4) is 5.75 Å². The number of alkyl halides is 3. The van der Waals surface area contributed by atoms with Crippen LogP contribution in [0.3, 0.4) is 0 Å². The molecule has 0 saturated heterocycles. The van der Waals surface area contributed by atoms with Gasteiger partial charge in [0.25, 0.3) is 0 Å². The lowest BCUT2D eigenvalue weighted by atomic mass is 10.1. The molecule has 0 fully saturated rings. The summed E-state index contributed by atoms with van der Waals surface area (Å²) in [5.41, 5.74) is -1.73. The average Bonchev–Trinajstić information content (AvgIpc) is 2.52. The number of hydrogen-bond donors (Lipinski definition) is 0. The molecule has 3 nitrogen and oxygen atoms in total. The maximum absolute atomic E-state index is 12.7. The van der Waals surface area contributed by atoms with Crippen LogP contribution in [-0.2, 0) is 12.8 Å². The number of ether oxygens (including phenoxy) is 1. The third kappa shape index (κ3) is 3.36. The molecule has 0 aliphatic carbocycles. The van der Waals surface area contributed by atoms with Crippen molar-refractivity contribution in [3.05, 3.63) is 76.1 Å². The standard InChI is InChI=1S/C17H11F3O3/c18-17(19,20)14-8-12-6-7-13(9-15(12)23-16(14)21)22-10-11-4-2-1-3-5-11/h1-9H,10H2. The summed E-state index contributed by atoms with van der Waals surface area (Å²) in [6.07, 6.45) is -4.74. The van der Waals surface area contributed by atoms with E-state index in [0.717, 1.165) is 11.6 Å². The summed E-state index contributed by atoms with van der Waals surface area (Å²) >= 11 is 0. The molecular formula is C17H11F3O3. The zero-order valence-corrected chi connectivity index (χ0v) is 11.8. The first-order valence-corrected chi connectivity index (χ1v) is 6.75. The van der Waals surface area contributed by atoms with Gasteiger partial charge in [0, 0.05) is 11.5 Å². The van der Waals surface area contributed by atoms with Crippen LogP contribution in [0.2, 0.25) is 0 Å². The highest BCUT2D eigenvalue weighted by Gasteiger charge is 2.35. The molecule has 0 unspecified atom stereocenters. The fraction of sp³-hybridized carbons (Fsp3) is 0.118. The lowest BCUT2D eigenvalue weighted by molar-refractivity contribution is -0.139. The number of rotatable bonds is 3. The second kappa shape index (κ2) is 5.79. The van der Waals surface area contributed by atoms with Gasteiger partial charge in [-0.3, -0.25) is 0 Å². The van der Waals surface area contributed by atoms with Crippen molar-refractivity contribution in [2.75, 3.05) is 0 Å². The molecule has 1 aromatic heterocycles. The molecule has 6 heteroatoms. The van der Waals surface area contributed by atoms with Crippen molar-refractivity contribution in [1.29, 1.82) is 0 Å². The molecule has 0 amide bonds. The molecule has 118 valence electrons. The van der Waals surface area contributed by atoms with Crippen LogP contribution in [0.1, 0.15) is 11.1 Å². The second-order valence-corrected chi connectivity index (χ2v) is 4.92. The highest BCUT2D eigenvalue weighted by molar-refractivity contribution is 5.78. The maximum atomic E-state index is 12.7. The van der Waals surface area contributed by atoms with Gasteiger partial charge < -0.3 is 9.15 Å². The van der Waals surface area contributed by atoms with Crippen molar-refractivity contribution < 1.29 is 22.3 Å². The topological polar surface area (TPSA) is 39.4 Å². The zero-order valence-electron chi connectivity index (χ0n) is 11.8. The summed E-state index contributed by atoms with van der Waals surface area (Å²) in [4.78, 5) is 11.4. The second-order valence-electron chi connectivity index (χ2n) is 4.92. The quantitative estimate of drug-likeness (QED) is 0.672. The number of halogens is 3. The predicted molar refractivity (Wildman–Crippen MR) is 78.3 cm³/mol. The zero-order chi connectivity index (χ0) is 16.4. The first-order chi connectivity index (χ1) is 10.9. The van der Waals surface area contributed by atoms with E-state index in [1.807, 2.05) is 30.3 Å². The highest BCUT2D eigenvalue weighted by atomic mass is 19.4. The van der Waals surface area contributed by atoms with Gasteiger partial charge in [-0.05, 0) is 23.8 Å². The van der Waals surface area contributed by atoms with Crippen LogP contribution in [0, 0.1) is 0 Å². The number of hydrogen-bond acceptors (Lipinski definition) is 3. The normalized spacial score (nSPS) is 11.6. The molecule has 0 N–H and O–H groups in total. The van der Waals surface area contributed by atoms with Gasteiger partial charge in [0.15, 0.2) is 0 Å². The van der Waals surface area contributed by atoms with Crippen molar-refractivity contribution in [1.82, 2.24) is 0 Å². The first-order valence-electron chi connectivity index (χ1n) is 6.75. The summed E-state index contributed by atoms with van der Waals surface area (Å²) in [6.45, 7) is 0.303. The largest absolute Gasteiger partial charge is 0.489 e. The smallest absolute Gasteiger partial charge is 0.423 e. The lowest BCUT2D eigenvalue weighted by Gasteiger charge is -2.08. The van der Waals surface area contributed by atoms with Gasteiger partial charge in [0.1, 0.15) is 23.5 Å². The van der Waals surface area contributed by atoms with Crippen molar-refractivity contribution in [2.45, 2.75) is 12.8 Å². The SMILES string of the molecule is O=c1oc2cc(OCc3ccccc3)ccc2cc1C(F)(F)F. The summed E-state index contributed by atoms with van der Waals surface area (Å²) in [6, 6.07) is 14.5. The van der Waals surface area contributed by atoms with Crippen LogP contribution in [0.4, 0.5) is 13.2 Å². The summed E-state index contributed by atoms with van der Waals surface area (Å²) in [7, 11) is 0. The van der Waals surface area contributed by atoms with Crippen LogP contribution < -0.4 is 10.4 Å². The van der Waals surface area contributed by atoms with Gasteiger partial charge in [-0.25, -0.2) is 4.79 Å². The van der Waals surface area contributed by atoms with Crippen molar-refractivity contribution in [2.24, 2.45) is 0 Å². The minimum Gasteiger partial charge on any atom is -0.489 e. The molecule has 0 atom stereocenters. The fourth-order valence-electron chi connectivity index (χ4n) is 2.12. The Morgan fingerprint density at radius 1 is 1.00 bits per heavy atom. The van der Waals surface area contributed by atoms with Gasteiger partial charge in [-0.1, -0.05) is 30.3 Å². The fourth-order valence-corrected chi connectivity index (χ4v) is 2.12. The summed E-state index contributed by atoms with van der Waals surface area (Å²) in [5.74, 6) is 0.407. The van der Waals surface area contributed by atoms with E-state index in [9.17, 15) is 18.0 Å². The number of benzene rings is 2. The van der Waals surface area contributed by atoms with Crippen LogP contribution in [0.5, 0.6) is 5.75 Å². The van der Waals surface area contributed by atoms with E-state index < -0.39 is 17.4 Å². The molecule has 0 bridgehead atoms. The van der Waals surface area contributed by atoms with E-state index in [-0.39, 0.29) is 11.0 Å². The Morgan fingerprint density at radius 3 is 2.43 bits per heavy atom.